The number of hydrogen-bond acceptors (Lipinski definition) is 4. The molecule has 1 fully saturated rings. The number of hydrogen-bond donors (Lipinski definition) is 0. The van der Waals surface area contributed by atoms with Gasteiger partial charge in [-0.1, -0.05) is 12.1 Å². The van der Waals surface area contributed by atoms with E-state index in [-0.39, 0.29) is 6.09 Å². The Kier molecular flexibility index (Phi) is 7.08. The summed E-state index contributed by atoms with van der Waals surface area (Å²) in [5, 5.41) is 4.40. The number of benzene rings is 2. The first-order valence-corrected chi connectivity index (χ1v) is 11.6. The summed E-state index contributed by atoms with van der Waals surface area (Å²) >= 11 is 0. The minimum Gasteiger partial charge on any atom is -0.444 e. The predicted molar refractivity (Wildman–Crippen MR) is 127 cm³/mol. The van der Waals surface area contributed by atoms with Gasteiger partial charge in [-0.3, -0.25) is 4.90 Å². The Morgan fingerprint density at radius 2 is 1.61 bits per heavy atom. The van der Waals surface area contributed by atoms with E-state index in [9.17, 15) is 22.4 Å². The summed E-state index contributed by atoms with van der Waals surface area (Å²) < 4.78 is 60.8. The van der Waals surface area contributed by atoms with Crippen molar-refractivity contribution >= 4 is 6.09 Å². The molecule has 0 unspecified atom stereocenters. The number of halogens is 4. The minimum absolute atomic E-state index is 0.303. The molecule has 36 heavy (non-hydrogen) atoms. The lowest BCUT2D eigenvalue weighted by atomic mass is 10.1. The fourth-order valence-corrected chi connectivity index (χ4v) is 4.08. The number of carbonyl (C=O) groups is 1. The summed E-state index contributed by atoms with van der Waals surface area (Å²) in [5.41, 5.74) is 0.553. The molecule has 1 aromatic heterocycles. The van der Waals surface area contributed by atoms with Crippen LogP contribution in [0, 0.1) is 5.82 Å². The van der Waals surface area contributed by atoms with E-state index in [1.807, 2.05) is 20.8 Å². The van der Waals surface area contributed by atoms with Crippen LogP contribution in [0.15, 0.2) is 54.7 Å². The van der Waals surface area contributed by atoms with Crippen LogP contribution in [0.25, 0.3) is 16.9 Å². The van der Waals surface area contributed by atoms with E-state index in [1.54, 1.807) is 29.3 Å². The Hall–Kier alpha value is -3.40. The molecule has 6 nitrogen and oxygen atoms in total. The topological polar surface area (TPSA) is 50.6 Å². The van der Waals surface area contributed by atoms with Gasteiger partial charge in [-0.15, -0.1) is 0 Å². The molecule has 0 saturated carbocycles. The van der Waals surface area contributed by atoms with Crippen LogP contribution in [-0.2, 0) is 17.5 Å². The summed E-state index contributed by atoms with van der Waals surface area (Å²) in [4.78, 5) is 16.1. The minimum atomic E-state index is -4.45. The second-order valence-corrected chi connectivity index (χ2v) is 9.70. The number of piperazine rings is 1. The zero-order valence-electron chi connectivity index (χ0n) is 20.3. The molecule has 0 N–H and O–H groups in total. The molecule has 1 amide bonds. The predicted octanol–water partition coefficient (Wildman–Crippen LogP) is 5.75. The molecular weight excluding hydrogens is 476 g/mol. The summed E-state index contributed by atoms with van der Waals surface area (Å²) in [5.74, 6) is -0.456. The Morgan fingerprint density at radius 1 is 0.972 bits per heavy atom. The lowest BCUT2D eigenvalue weighted by molar-refractivity contribution is -0.137. The van der Waals surface area contributed by atoms with Gasteiger partial charge < -0.3 is 9.64 Å². The van der Waals surface area contributed by atoms with E-state index >= 15 is 0 Å². The largest absolute Gasteiger partial charge is 0.444 e. The highest BCUT2D eigenvalue weighted by atomic mass is 19.4. The van der Waals surface area contributed by atoms with Crippen molar-refractivity contribution < 1.29 is 27.1 Å². The summed E-state index contributed by atoms with van der Waals surface area (Å²) in [7, 11) is 0. The van der Waals surface area contributed by atoms with Gasteiger partial charge in [-0.05, 0) is 57.2 Å². The number of carbonyl (C=O) groups excluding carboxylic acids is 1. The number of alkyl halides is 3. The first-order valence-electron chi connectivity index (χ1n) is 11.6. The molecule has 1 aliphatic rings. The number of aromatic nitrogens is 2. The number of amides is 1. The average molecular weight is 505 g/mol. The van der Waals surface area contributed by atoms with Crippen molar-refractivity contribution in [1.29, 1.82) is 0 Å². The normalized spacial score (nSPS) is 15.2. The van der Waals surface area contributed by atoms with Crippen molar-refractivity contribution in [2.24, 2.45) is 0 Å². The van der Waals surface area contributed by atoms with Crippen LogP contribution >= 0.6 is 0 Å². The molecule has 3 aromatic rings. The molecule has 0 radical (unpaired) electrons. The molecule has 1 aliphatic heterocycles. The van der Waals surface area contributed by atoms with Gasteiger partial charge in [0, 0.05) is 43.9 Å². The van der Waals surface area contributed by atoms with Crippen LogP contribution in [0.2, 0.25) is 0 Å². The van der Waals surface area contributed by atoms with Crippen molar-refractivity contribution in [3.8, 4) is 16.9 Å². The van der Waals surface area contributed by atoms with Crippen LogP contribution in [-0.4, -0.2) is 57.5 Å². The van der Waals surface area contributed by atoms with E-state index in [2.05, 4.69) is 10.00 Å². The van der Waals surface area contributed by atoms with Gasteiger partial charge in [-0.2, -0.15) is 18.3 Å². The summed E-state index contributed by atoms with van der Waals surface area (Å²) in [6, 6.07) is 10.8. The van der Waals surface area contributed by atoms with E-state index < -0.39 is 23.2 Å². The lowest BCUT2D eigenvalue weighted by Crippen LogP contribution is -2.49. The zero-order chi connectivity index (χ0) is 26.1. The van der Waals surface area contributed by atoms with Crippen LogP contribution < -0.4 is 0 Å². The Labute approximate surface area is 207 Å². The van der Waals surface area contributed by atoms with Crippen molar-refractivity contribution in [2.45, 2.75) is 39.1 Å². The third-order valence-electron chi connectivity index (χ3n) is 5.83. The molecule has 0 spiro atoms. The van der Waals surface area contributed by atoms with Crippen molar-refractivity contribution in [3.63, 3.8) is 0 Å². The van der Waals surface area contributed by atoms with E-state index in [1.165, 1.54) is 22.9 Å². The molecule has 1 saturated heterocycles. The Morgan fingerprint density at radius 3 is 2.19 bits per heavy atom. The summed E-state index contributed by atoms with van der Waals surface area (Å²) in [6.45, 7) is 8.03. The molecule has 10 heteroatoms. The van der Waals surface area contributed by atoms with Gasteiger partial charge in [0.1, 0.15) is 11.4 Å². The molecular formula is C26H28F4N4O2. The standard InChI is InChI=1S/C26H28F4N4O2/c1-25(2,3)36-24(35)33-14-12-32(13-15-33)17-18-16-31-34(23(18)21-6-4-5-7-22(21)27)20-10-8-19(9-11-20)26(28,29)30/h4-11,16H,12-15,17H2,1-3H3. The molecule has 0 bridgehead atoms. The highest BCUT2D eigenvalue weighted by Crippen LogP contribution is 2.33. The molecule has 2 heterocycles. The number of rotatable bonds is 4. The maximum atomic E-state index is 14.8. The second-order valence-electron chi connectivity index (χ2n) is 9.70. The molecule has 4 rings (SSSR count). The maximum Gasteiger partial charge on any atom is 0.416 e. The highest BCUT2D eigenvalue weighted by Gasteiger charge is 2.31. The van der Waals surface area contributed by atoms with Gasteiger partial charge in [0.2, 0.25) is 0 Å². The maximum absolute atomic E-state index is 14.8. The smallest absolute Gasteiger partial charge is 0.416 e. The number of ether oxygens (including phenoxy) is 1. The van der Waals surface area contributed by atoms with Gasteiger partial charge in [-0.25, -0.2) is 13.9 Å². The van der Waals surface area contributed by atoms with E-state index in [4.69, 9.17) is 4.74 Å². The van der Waals surface area contributed by atoms with E-state index in [0.29, 0.717) is 49.7 Å². The fourth-order valence-electron chi connectivity index (χ4n) is 4.08. The average Bonchev–Trinajstić information content (AvgIpc) is 3.21. The van der Waals surface area contributed by atoms with E-state index in [0.717, 1.165) is 17.7 Å². The zero-order valence-corrected chi connectivity index (χ0v) is 20.3. The first kappa shape index (κ1) is 25.7. The van der Waals surface area contributed by atoms with Crippen molar-refractivity contribution in [2.75, 3.05) is 26.2 Å². The SMILES string of the molecule is CC(C)(C)OC(=O)N1CCN(Cc2cnn(-c3ccc(C(F)(F)F)cc3)c2-c2ccccc2F)CC1. The molecule has 0 atom stereocenters. The fraction of sp³-hybridized carbons (Fsp3) is 0.385. The summed E-state index contributed by atoms with van der Waals surface area (Å²) in [6.07, 6.45) is -3.20. The van der Waals surface area contributed by atoms with Crippen LogP contribution in [0.5, 0.6) is 0 Å². The quantitative estimate of drug-likeness (QED) is 0.425. The highest BCUT2D eigenvalue weighted by molar-refractivity contribution is 5.68. The molecule has 192 valence electrons. The number of nitrogens with zero attached hydrogens (tertiary/aromatic N) is 4. The third kappa shape index (κ3) is 5.87. The van der Waals surface area contributed by atoms with Gasteiger partial charge in [0.15, 0.2) is 0 Å². The van der Waals surface area contributed by atoms with Crippen LogP contribution in [0.3, 0.4) is 0 Å². The third-order valence-corrected chi connectivity index (χ3v) is 5.83. The van der Waals surface area contributed by atoms with Crippen molar-refractivity contribution in [3.05, 3.63) is 71.7 Å². The molecule has 0 aliphatic carbocycles. The van der Waals surface area contributed by atoms with Gasteiger partial charge in [0.05, 0.1) is 23.1 Å². The first-order chi connectivity index (χ1) is 16.9. The lowest BCUT2D eigenvalue weighted by Gasteiger charge is -2.35. The monoisotopic (exact) mass is 504 g/mol. The Bertz CT molecular complexity index is 1210. The van der Waals surface area contributed by atoms with Crippen molar-refractivity contribution in [1.82, 2.24) is 19.6 Å². The second kappa shape index (κ2) is 9.93. The van der Waals surface area contributed by atoms with Gasteiger partial charge >= 0.3 is 12.3 Å². The van der Waals surface area contributed by atoms with Crippen LogP contribution in [0.1, 0.15) is 31.9 Å². The van der Waals surface area contributed by atoms with Gasteiger partial charge in [0.25, 0.3) is 0 Å². The molecule has 2 aromatic carbocycles. The Balaban J connectivity index is 1.58. The van der Waals surface area contributed by atoms with Crippen LogP contribution in [0.4, 0.5) is 22.4 Å².